The minimum Gasteiger partial charge on any atom is -0.465 e. The Bertz CT molecular complexity index is 976. The van der Waals surface area contributed by atoms with E-state index in [1.807, 2.05) is 0 Å². The SMILES string of the molecule is CCOC(=O)C(CC)Sc1nc2c(c(=O)n1-c1cccc(C(F)(F)F)c1)SCC2. The summed E-state index contributed by atoms with van der Waals surface area (Å²) in [6, 6.07) is 4.55. The monoisotopic (exact) mass is 444 g/mol. The highest BCUT2D eigenvalue weighted by Crippen LogP contribution is 2.34. The van der Waals surface area contributed by atoms with Crippen LogP contribution < -0.4 is 5.56 Å². The molecule has 3 rings (SSSR count). The second kappa shape index (κ2) is 8.83. The Kier molecular flexibility index (Phi) is 6.62. The molecule has 0 saturated carbocycles. The summed E-state index contributed by atoms with van der Waals surface area (Å²) in [5, 5.41) is -0.429. The van der Waals surface area contributed by atoms with Gasteiger partial charge >= 0.3 is 12.1 Å². The van der Waals surface area contributed by atoms with Crippen LogP contribution in [0.1, 0.15) is 31.5 Å². The zero-order valence-corrected chi connectivity index (χ0v) is 17.4. The molecule has 0 radical (unpaired) electrons. The molecular formula is C19H19F3N2O3S2. The lowest BCUT2D eigenvalue weighted by molar-refractivity contribution is -0.142. The molecule has 1 aliphatic heterocycles. The van der Waals surface area contributed by atoms with Crippen molar-refractivity contribution in [1.82, 2.24) is 9.55 Å². The van der Waals surface area contributed by atoms with Crippen LogP contribution in [0.5, 0.6) is 0 Å². The molecule has 0 N–H and O–H groups in total. The van der Waals surface area contributed by atoms with E-state index in [0.717, 1.165) is 23.9 Å². The summed E-state index contributed by atoms with van der Waals surface area (Å²) in [6.07, 6.45) is -3.51. The molecule has 1 atom stereocenters. The van der Waals surface area contributed by atoms with E-state index in [0.29, 0.717) is 29.2 Å². The van der Waals surface area contributed by atoms with Crippen molar-refractivity contribution in [3.63, 3.8) is 0 Å². The molecule has 0 saturated heterocycles. The molecule has 2 heterocycles. The molecule has 2 aromatic rings. The number of nitrogens with zero attached hydrogens (tertiary/aromatic N) is 2. The van der Waals surface area contributed by atoms with E-state index in [9.17, 15) is 22.8 Å². The lowest BCUT2D eigenvalue weighted by Crippen LogP contribution is -2.27. The van der Waals surface area contributed by atoms with Crippen molar-refractivity contribution in [3.8, 4) is 5.69 Å². The second-order valence-electron chi connectivity index (χ2n) is 6.22. The van der Waals surface area contributed by atoms with Gasteiger partial charge in [0.15, 0.2) is 5.16 Å². The molecule has 156 valence electrons. The molecule has 0 aliphatic carbocycles. The van der Waals surface area contributed by atoms with E-state index in [4.69, 9.17) is 4.74 Å². The predicted molar refractivity (Wildman–Crippen MR) is 106 cm³/mol. The van der Waals surface area contributed by atoms with Crippen molar-refractivity contribution in [1.29, 1.82) is 0 Å². The van der Waals surface area contributed by atoms with Crippen LogP contribution in [0.4, 0.5) is 13.2 Å². The Hall–Kier alpha value is -1.94. The van der Waals surface area contributed by atoms with Gasteiger partial charge in [-0.1, -0.05) is 24.8 Å². The molecule has 0 fully saturated rings. The number of alkyl halides is 3. The molecule has 29 heavy (non-hydrogen) atoms. The lowest BCUT2D eigenvalue weighted by Gasteiger charge is -2.18. The molecule has 1 aromatic carbocycles. The third-order valence-electron chi connectivity index (χ3n) is 4.27. The van der Waals surface area contributed by atoms with Crippen LogP contribution in [-0.4, -0.2) is 33.1 Å². The molecule has 1 aliphatic rings. The molecule has 0 spiro atoms. The van der Waals surface area contributed by atoms with E-state index in [-0.39, 0.29) is 17.5 Å². The number of thioether (sulfide) groups is 2. The molecule has 1 aromatic heterocycles. The van der Waals surface area contributed by atoms with Crippen molar-refractivity contribution in [2.24, 2.45) is 0 Å². The zero-order valence-electron chi connectivity index (χ0n) is 15.8. The van der Waals surface area contributed by atoms with Gasteiger partial charge in [-0.3, -0.25) is 14.2 Å². The van der Waals surface area contributed by atoms with Gasteiger partial charge in [0.2, 0.25) is 0 Å². The highest BCUT2D eigenvalue weighted by Gasteiger charge is 2.32. The number of esters is 1. The zero-order chi connectivity index (χ0) is 21.2. The van der Waals surface area contributed by atoms with Crippen molar-refractivity contribution in [3.05, 3.63) is 45.9 Å². The number of fused-ring (bicyclic) bond motifs is 1. The van der Waals surface area contributed by atoms with E-state index < -0.39 is 28.5 Å². The first-order chi connectivity index (χ1) is 13.8. The minimum atomic E-state index is -4.54. The first-order valence-corrected chi connectivity index (χ1v) is 10.9. The van der Waals surface area contributed by atoms with Gasteiger partial charge in [0.25, 0.3) is 5.56 Å². The highest BCUT2D eigenvalue weighted by atomic mass is 32.2. The Morgan fingerprint density at radius 3 is 2.79 bits per heavy atom. The van der Waals surface area contributed by atoms with Gasteiger partial charge in [-0.15, -0.1) is 11.8 Å². The first-order valence-electron chi connectivity index (χ1n) is 9.05. The summed E-state index contributed by atoms with van der Waals surface area (Å²) in [5.74, 6) is 0.239. The van der Waals surface area contributed by atoms with Crippen molar-refractivity contribution in [2.45, 2.75) is 48.2 Å². The third kappa shape index (κ3) is 4.63. The Labute approximate surface area is 174 Å². The van der Waals surface area contributed by atoms with E-state index in [1.165, 1.54) is 28.5 Å². The fourth-order valence-corrected chi connectivity index (χ4v) is 4.95. The second-order valence-corrected chi connectivity index (χ2v) is 8.50. The van der Waals surface area contributed by atoms with E-state index >= 15 is 0 Å². The summed E-state index contributed by atoms with van der Waals surface area (Å²) in [7, 11) is 0. The first kappa shape index (κ1) is 21.8. The van der Waals surface area contributed by atoms with E-state index in [1.54, 1.807) is 13.8 Å². The summed E-state index contributed by atoms with van der Waals surface area (Å²) in [6.45, 7) is 3.70. The van der Waals surface area contributed by atoms with Gasteiger partial charge < -0.3 is 4.74 Å². The van der Waals surface area contributed by atoms with Crippen LogP contribution in [0.25, 0.3) is 5.69 Å². The number of benzene rings is 1. The van der Waals surface area contributed by atoms with Crippen LogP contribution in [-0.2, 0) is 22.1 Å². The number of ether oxygens (including phenoxy) is 1. The summed E-state index contributed by atoms with van der Waals surface area (Å²) >= 11 is 2.38. The summed E-state index contributed by atoms with van der Waals surface area (Å²) < 4.78 is 45.8. The minimum absolute atomic E-state index is 0.0637. The number of halogens is 3. The summed E-state index contributed by atoms with van der Waals surface area (Å²) in [5.41, 5.74) is -0.597. The number of carbonyl (C=O) groups excluding carboxylic acids is 1. The Morgan fingerprint density at radius 2 is 2.14 bits per heavy atom. The lowest BCUT2D eigenvalue weighted by atomic mass is 10.2. The fraction of sp³-hybridized carbons (Fsp3) is 0.421. The van der Waals surface area contributed by atoms with Gasteiger partial charge in [-0.05, 0) is 31.5 Å². The predicted octanol–water partition coefficient (Wildman–Crippen LogP) is 4.33. The number of rotatable bonds is 6. The largest absolute Gasteiger partial charge is 0.465 e. The van der Waals surface area contributed by atoms with Crippen molar-refractivity contribution < 1.29 is 22.7 Å². The Balaban J connectivity index is 2.13. The van der Waals surface area contributed by atoms with Crippen molar-refractivity contribution in [2.75, 3.05) is 12.4 Å². The fourth-order valence-electron chi connectivity index (χ4n) is 2.88. The molecule has 5 nitrogen and oxygen atoms in total. The molecule has 0 amide bonds. The van der Waals surface area contributed by atoms with Gasteiger partial charge in [0.1, 0.15) is 5.25 Å². The van der Waals surface area contributed by atoms with Crippen LogP contribution in [0.2, 0.25) is 0 Å². The van der Waals surface area contributed by atoms with Gasteiger partial charge in [-0.25, -0.2) is 4.98 Å². The summed E-state index contributed by atoms with van der Waals surface area (Å²) in [4.78, 5) is 30.3. The van der Waals surface area contributed by atoms with Gasteiger partial charge in [0.05, 0.1) is 28.4 Å². The smallest absolute Gasteiger partial charge is 0.416 e. The number of hydrogen-bond donors (Lipinski definition) is 0. The highest BCUT2D eigenvalue weighted by molar-refractivity contribution is 8.00. The molecule has 1 unspecified atom stereocenters. The number of hydrogen-bond acceptors (Lipinski definition) is 6. The number of aromatic nitrogens is 2. The van der Waals surface area contributed by atoms with Crippen molar-refractivity contribution >= 4 is 29.5 Å². The van der Waals surface area contributed by atoms with Gasteiger partial charge in [0, 0.05) is 12.2 Å². The topological polar surface area (TPSA) is 61.2 Å². The Morgan fingerprint density at radius 1 is 1.38 bits per heavy atom. The maximum Gasteiger partial charge on any atom is 0.416 e. The molecule has 0 bridgehead atoms. The van der Waals surface area contributed by atoms with Crippen LogP contribution in [0.3, 0.4) is 0 Å². The number of carbonyl (C=O) groups is 1. The van der Waals surface area contributed by atoms with Crippen LogP contribution in [0.15, 0.2) is 39.1 Å². The maximum absolute atomic E-state index is 13.2. The quantitative estimate of drug-likeness (QED) is 0.375. The number of aryl methyl sites for hydroxylation is 1. The van der Waals surface area contributed by atoms with Gasteiger partial charge in [-0.2, -0.15) is 13.2 Å². The maximum atomic E-state index is 13.2. The molecule has 10 heteroatoms. The standard InChI is InChI=1S/C19H19F3N2O3S2/c1-3-14(17(26)27-4-2)29-18-23-13-8-9-28-15(13)16(25)24(18)12-7-5-6-11(10-12)19(20,21)22/h5-7,10,14H,3-4,8-9H2,1-2H3. The third-order valence-corrected chi connectivity index (χ3v) is 6.67. The van der Waals surface area contributed by atoms with Crippen LogP contribution in [0, 0.1) is 0 Å². The normalized spacial score (nSPS) is 14.5. The van der Waals surface area contributed by atoms with E-state index in [2.05, 4.69) is 4.98 Å². The average Bonchev–Trinajstić information content (AvgIpc) is 3.14. The molecular weight excluding hydrogens is 425 g/mol. The average molecular weight is 445 g/mol. The van der Waals surface area contributed by atoms with Crippen LogP contribution >= 0.6 is 23.5 Å².